The van der Waals surface area contributed by atoms with E-state index in [0.29, 0.717) is 6.42 Å². The molecule has 1 unspecified atom stereocenters. The number of aryl methyl sites for hydroxylation is 1. The summed E-state index contributed by atoms with van der Waals surface area (Å²) in [6, 6.07) is 18.3. The molecule has 2 heterocycles. The maximum atomic E-state index is 13.5. The molecular formula is C32H44Cl2N6O4. The largest absolute Gasteiger partial charge is 0.374 e. The van der Waals surface area contributed by atoms with Crippen LogP contribution in [-0.2, 0) is 32.1 Å². The van der Waals surface area contributed by atoms with E-state index in [1.165, 1.54) is 5.56 Å². The van der Waals surface area contributed by atoms with Crippen molar-refractivity contribution in [2.75, 3.05) is 25.0 Å². The number of imidazole rings is 1. The minimum Gasteiger partial charge on any atom is -0.374 e. The number of benzene rings is 2. The molecule has 0 spiro atoms. The van der Waals surface area contributed by atoms with Crippen LogP contribution in [0.4, 0.5) is 5.82 Å². The Kier molecular flexibility index (Phi) is 14.8. The molecule has 0 radical (unpaired) electrons. The topological polar surface area (TPSA) is 132 Å². The van der Waals surface area contributed by atoms with Gasteiger partial charge in [-0.05, 0) is 57.1 Å². The highest BCUT2D eigenvalue weighted by molar-refractivity contribution is 5.98. The first-order valence-corrected chi connectivity index (χ1v) is 14.6. The van der Waals surface area contributed by atoms with Gasteiger partial charge in [0.1, 0.15) is 12.1 Å². The van der Waals surface area contributed by atoms with Crippen LogP contribution in [0, 0.1) is 0 Å². The first-order valence-electron chi connectivity index (χ1n) is 14.6. The van der Waals surface area contributed by atoms with Gasteiger partial charge >= 0.3 is 0 Å². The van der Waals surface area contributed by atoms with Gasteiger partial charge in [0, 0.05) is 19.3 Å². The lowest BCUT2D eigenvalue weighted by atomic mass is 10.0. The summed E-state index contributed by atoms with van der Waals surface area (Å²) in [5.74, 6) is -0.611. The van der Waals surface area contributed by atoms with Crippen molar-refractivity contribution < 1.29 is 19.1 Å². The van der Waals surface area contributed by atoms with Gasteiger partial charge in [-0.1, -0.05) is 60.7 Å². The van der Waals surface area contributed by atoms with Crippen molar-refractivity contribution in [2.24, 2.45) is 5.73 Å². The highest BCUT2D eigenvalue weighted by Crippen LogP contribution is 2.23. The zero-order valence-corrected chi connectivity index (χ0v) is 26.9. The maximum Gasteiger partial charge on any atom is 0.250 e. The SMILES string of the molecule is CC(C)(N)C(=O)N[C@H](COCc1ccccc1)C(=O)Nc1cn(C(CCCc2ccccc2)C(=O)N2CCCC2)cn1.Cl.Cl. The molecule has 1 fully saturated rings. The smallest absolute Gasteiger partial charge is 0.250 e. The molecule has 3 aromatic rings. The average molecular weight is 648 g/mol. The Balaban J connectivity index is 0.00000337. The van der Waals surface area contributed by atoms with Crippen molar-refractivity contribution in [1.29, 1.82) is 0 Å². The lowest BCUT2D eigenvalue weighted by Gasteiger charge is -2.24. The monoisotopic (exact) mass is 646 g/mol. The summed E-state index contributed by atoms with van der Waals surface area (Å²) in [5.41, 5.74) is 6.95. The van der Waals surface area contributed by atoms with E-state index in [1.807, 2.05) is 53.4 Å². The normalized spacial score (nSPS) is 14.1. The number of nitrogens with one attached hydrogen (secondary N) is 2. The van der Waals surface area contributed by atoms with Crippen LogP contribution < -0.4 is 16.4 Å². The summed E-state index contributed by atoms with van der Waals surface area (Å²) in [6.45, 7) is 4.88. The standard InChI is InChI=1S/C32H42N6O4.2ClH/c1-32(2,33)31(41)35-26(22-42-21-25-14-7-4-8-15-25)29(39)36-28-20-38(23-34-28)27(30(40)37-18-9-10-19-37)17-11-16-24-12-5-3-6-13-24;;/h3-8,12-15,20,23,26-27H,9-11,16-19,21-22,33H2,1-2H3,(H,35,41)(H,36,39);2*1H/t26-,27?;;/m1../s1. The third-order valence-electron chi connectivity index (χ3n) is 7.30. The van der Waals surface area contributed by atoms with Gasteiger partial charge in [0.15, 0.2) is 5.82 Å². The molecule has 44 heavy (non-hydrogen) atoms. The van der Waals surface area contributed by atoms with E-state index < -0.39 is 29.4 Å². The number of nitrogens with two attached hydrogens (primary N) is 1. The Morgan fingerprint density at radius 1 is 0.977 bits per heavy atom. The van der Waals surface area contributed by atoms with Crippen molar-refractivity contribution in [3.05, 3.63) is 84.3 Å². The minimum absolute atomic E-state index is 0. The number of anilines is 1. The van der Waals surface area contributed by atoms with Crippen LogP contribution in [0.2, 0.25) is 0 Å². The number of aromatic nitrogens is 2. The first-order chi connectivity index (χ1) is 20.2. The molecule has 12 heteroatoms. The second-order valence-electron chi connectivity index (χ2n) is 11.4. The fourth-order valence-corrected chi connectivity index (χ4v) is 4.87. The Morgan fingerprint density at radius 3 is 2.20 bits per heavy atom. The number of halogens is 2. The molecule has 4 rings (SSSR count). The fraction of sp³-hybridized carbons (Fsp3) is 0.438. The summed E-state index contributed by atoms with van der Waals surface area (Å²) in [7, 11) is 0. The van der Waals surface area contributed by atoms with E-state index in [0.717, 1.165) is 44.3 Å². The molecule has 2 atom stereocenters. The molecular weight excluding hydrogens is 603 g/mol. The highest BCUT2D eigenvalue weighted by atomic mass is 35.5. The van der Waals surface area contributed by atoms with Gasteiger partial charge in [0.2, 0.25) is 11.8 Å². The molecule has 0 bridgehead atoms. The number of ether oxygens (including phenoxy) is 1. The van der Waals surface area contributed by atoms with Crippen molar-refractivity contribution >= 4 is 48.4 Å². The third kappa shape index (κ3) is 10.9. The zero-order chi connectivity index (χ0) is 30.0. The van der Waals surface area contributed by atoms with Crippen molar-refractivity contribution in [2.45, 2.75) is 70.2 Å². The number of amides is 3. The number of hydrogen-bond acceptors (Lipinski definition) is 6. The lowest BCUT2D eigenvalue weighted by molar-refractivity contribution is -0.134. The van der Waals surface area contributed by atoms with Crippen LogP contribution in [0.5, 0.6) is 0 Å². The lowest BCUT2D eigenvalue weighted by Crippen LogP contribution is -2.56. The van der Waals surface area contributed by atoms with Gasteiger partial charge in [0.25, 0.3) is 5.91 Å². The molecule has 3 amide bonds. The number of likely N-dealkylation sites (tertiary alicyclic amines) is 1. The van der Waals surface area contributed by atoms with Crippen LogP contribution >= 0.6 is 24.8 Å². The van der Waals surface area contributed by atoms with Crippen molar-refractivity contribution in [3.63, 3.8) is 0 Å². The quantitative estimate of drug-likeness (QED) is 0.239. The predicted molar refractivity (Wildman–Crippen MR) is 176 cm³/mol. The van der Waals surface area contributed by atoms with Gasteiger partial charge in [-0.2, -0.15) is 0 Å². The molecule has 1 aromatic heterocycles. The average Bonchev–Trinajstić information content (AvgIpc) is 3.68. The summed E-state index contributed by atoms with van der Waals surface area (Å²) < 4.78 is 7.56. The second-order valence-corrected chi connectivity index (χ2v) is 11.4. The van der Waals surface area contributed by atoms with Gasteiger partial charge in [-0.25, -0.2) is 4.98 Å². The van der Waals surface area contributed by atoms with Crippen molar-refractivity contribution in [1.82, 2.24) is 19.8 Å². The number of hydrogen-bond donors (Lipinski definition) is 3. The van der Waals surface area contributed by atoms with Crippen LogP contribution in [-0.4, -0.2) is 63.4 Å². The minimum atomic E-state index is -1.18. The van der Waals surface area contributed by atoms with Crippen LogP contribution in [0.1, 0.15) is 56.7 Å². The molecule has 0 saturated carbocycles. The Hall–Kier alpha value is -3.44. The van der Waals surface area contributed by atoms with E-state index in [2.05, 4.69) is 27.8 Å². The summed E-state index contributed by atoms with van der Waals surface area (Å²) in [5, 5.41) is 5.48. The number of carbonyl (C=O) groups excluding carboxylic acids is 3. The molecule has 1 saturated heterocycles. The Labute approximate surface area is 271 Å². The summed E-state index contributed by atoms with van der Waals surface area (Å²) in [6.07, 6.45) is 7.61. The molecule has 10 nitrogen and oxygen atoms in total. The van der Waals surface area contributed by atoms with Gasteiger partial charge in [-0.3, -0.25) is 14.4 Å². The Morgan fingerprint density at radius 2 is 1.59 bits per heavy atom. The van der Waals surface area contributed by atoms with E-state index in [4.69, 9.17) is 10.5 Å². The number of carbonyl (C=O) groups is 3. The fourth-order valence-electron chi connectivity index (χ4n) is 4.87. The molecule has 1 aliphatic rings. The third-order valence-corrected chi connectivity index (χ3v) is 7.30. The number of rotatable bonds is 14. The predicted octanol–water partition coefficient (Wildman–Crippen LogP) is 4.29. The van der Waals surface area contributed by atoms with Crippen molar-refractivity contribution in [3.8, 4) is 0 Å². The number of nitrogens with zero attached hydrogens (tertiary/aromatic N) is 3. The zero-order valence-electron chi connectivity index (χ0n) is 25.3. The molecule has 0 aliphatic carbocycles. The molecule has 240 valence electrons. The van der Waals surface area contributed by atoms with Crippen LogP contribution in [0.25, 0.3) is 0 Å². The van der Waals surface area contributed by atoms with Gasteiger partial charge < -0.3 is 30.6 Å². The first kappa shape index (κ1) is 36.8. The molecule has 4 N–H and O–H groups in total. The van der Waals surface area contributed by atoms with Gasteiger partial charge in [-0.15, -0.1) is 24.8 Å². The summed E-state index contributed by atoms with van der Waals surface area (Å²) >= 11 is 0. The summed E-state index contributed by atoms with van der Waals surface area (Å²) in [4.78, 5) is 45.7. The molecule has 2 aromatic carbocycles. The van der Waals surface area contributed by atoms with Gasteiger partial charge in [0.05, 0.1) is 25.1 Å². The Bertz CT molecular complexity index is 1310. The highest BCUT2D eigenvalue weighted by Gasteiger charge is 2.30. The van der Waals surface area contributed by atoms with Crippen LogP contribution in [0.3, 0.4) is 0 Å². The van der Waals surface area contributed by atoms with E-state index >= 15 is 0 Å². The van der Waals surface area contributed by atoms with E-state index in [1.54, 1.807) is 30.9 Å². The van der Waals surface area contributed by atoms with E-state index in [9.17, 15) is 14.4 Å². The van der Waals surface area contributed by atoms with Crippen LogP contribution in [0.15, 0.2) is 73.2 Å². The maximum absolute atomic E-state index is 13.5. The van der Waals surface area contributed by atoms with E-state index in [-0.39, 0.29) is 49.8 Å². The second kappa shape index (κ2) is 17.8. The molecule has 1 aliphatic heterocycles.